The van der Waals surface area contributed by atoms with Crippen molar-refractivity contribution >= 4 is 27.6 Å². The van der Waals surface area contributed by atoms with Gasteiger partial charge in [-0.1, -0.05) is 32.4 Å². The van der Waals surface area contributed by atoms with Gasteiger partial charge in [-0.15, -0.1) is 0 Å². The van der Waals surface area contributed by atoms with Gasteiger partial charge in [-0.3, -0.25) is 4.79 Å². The van der Waals surface area contributed by atoms with Crippen molar-refractivity contribution in [3.8, 4) is 5.75 Å². The lowest BCUT2D eigenvalue weighted by Crippen LogP contribution is -2.40. The fraction of sp³-hybridized carbons (Fsp3) is 0.562. The maximum Gasteiger partial charge on any atom is 0.306 e. The molecule has 0 aliphatic carbocycles. The molecule has 0 radical (unpaired) electrons. The number of halogens is 1. The van der Waals surface area contributed by atoms with Crippen LogP contribution in [0.5, 0.6) is 5.75 Å². The lowest BCUT2D eigenvalue weighted by Gasteiger charge is -2.31. The zero-order valence-corrected chi connectivity index (χ0v) is 15.7. The summed E-state index contributed by atoms with van der Waals surface area (Å²) in [4.78, 5) is 14.2. The SMILES string of the molecule is CC[C@H](C)N(Cc1cc(Cl)ccc1OS(C)(=O)=O)C(=O)C(C)C. The summed E-state index contributed by atoms with van der Waals surface area (Å²) in [6, 6.07) is 4.72. The van der Waals surface area contributed by atoms with Crippen LogP contribution >= 0.6 is 11.6 Å². The Labute approximate surface area is 143 Å². The summed E-state index contributed by atoms with van der Waals surface area (Å²) in [6.45, 7) is 7.88. The van der Waals surface area contributed by atoms with E-state index in [4.69, 9.17) is 15.8 Å². The molecule has 1 atom stereocenters. The number of hydrogen-bond donors (Lipinski definition) is 0. The number of rotatable bonds is 7. The van der Waals surface area contributed by atoms with Gasteiger partial charge in [0.05, 0.1) is 6.26 Å². The molecule has 0 aliphatic heterocycles. The van der Waals surface area contributed by atoms with Gasteiger partial charge in [0.25, 0.3) is 0 Å². The van der Waals surface area contributed by atoms with Crippen molar-refractivity contribution in [3.63, 3.8) is 0 Å². The molecule has 0 saturated heterocycles. The third-order valence-corrected chi connectivity index (χ3v) is 4.22. The van der Waals surface area contributed by atoms with Gasteiger partial charge in [0.2, 0.25) is 5.91 Å². The Hall–Kier alpha value is -1.27. The Bertz CT molecular complexity index is 658. The molecule has 1 amide bonds. The van der Waals surface area contributed by atoms with E-state index >= 15 is 0 Å². The molecule has 7 heteroatoms. The third-order valence-electron chi connectivity index (χ3n) is 3.50. The summed E-state index contributed by atoms with van der Waals surface area (Å²) in [5.41, 5.74) is 0.567. The first-order chi connectivity index (χ1) is 10.5. The van der Waals surface area contributed by atoms with E-state index in [0.29, 0.717) is 10.6 Å². The van der Waals surface area contributed by atoms with Crippen LogP contribution in [-0.2, 0) is 21.5 Å². The Kier molecular flexibility index (Phi) is 6.89. The molecule has 0 unspecified atom stereocenters. The molecule has 0 heterocycles. The number of carbonyl (C=O) groups excluding carboxylic acids is 1. The van der Waals surface area contributed by atoms with Crippen LogP contribution in [0.1, 0.15) is 39.7 Å². The number of carbonyl (C=O) groups is 1. The molecule has 0 N–H and O–H groups in total. The molecule has 1 aromatic rings. The summed E-state index contributed by atoms with van der Waals surface area (Å²) < 4.78 is 27.9. The molecular formula is C16H24ClNO4S. The van der Waals surface area contributed by atoms with E-state index in [2.05, 4.69) is 0 Å². The van der Waals surface area contributed by atoms with E-state index in [1.807, 2.05) is 27.7 Å². The third kappa shape index (κ3) is 6.03. The van der Waals surface area contributed by atoms with Crippen LogP contribution in [-0.4, -0.2) is 31.5 Å². The van der Waals surface area contributed by atoms with Gasteiger partial charge >= 0.3 is 10.1 Å². The average molecular weight is 362 g/mol. The maximum atomic E-state index is 12.5. The van der Waals surface area contributed by atoms with Gasteiger partial charge in [-0.25, -0.2) is 0 Å². The van der Waals surface area contributed by atoms with E-state index in [1.54, 1.807) is 17.0 Å². The minimum atomic E-state index is -3.66. The molecule has 0 bridgehead atoms. The second-order valence-corrected chi connectivity index (χ2v) is 7.93. The molecule has 0 aliphatic rings. The van der Waals surface area contributed by atoms with Crippen LogP contribution in [0.2, 0.25) is 5.02 Å². The van der Waals surface area contributed by atoms with Gasteiger partial charge in [0.1, 0.15) is 5.75 Å². The fourth-order valence-electron chi connectivity index (χ4n) is 2.10. The summed E-state index contributed by atoms with van der Waals surface area (Å²) in [5.74, 6) is 0.0499. The quantitative estimate of drug-likeness (QED) is 0.697. The highest BCUT2D eigenvalue weighted by molar-refractivity contribution is 7.86. The zero-order chi connectivity index (χ0) is 17.8. The molecular weight excluding hydrogens is 338 g/mol. The van der Waals surface area contributed by atoms with Crippen molar-refractivity contribution in [2.75, 3.05) is 6.26 Å². The normalized spacial score (nSPS) is 13.0. The lowest BCUT2D eigenvalue weighted by atomic mass is 10.1. The molecule has 1 aromatic carbocycles. The first-order valence-electron chi connectivity index (χ1n) is 7.53. The highest BCUT2D eigenvalue weighted by atomic mass is 35.5. The standard InChI is InChI=1S/C16H24ClNO4S/c1-6-12(4)18(16(19)11(2)3)10-13-9-14(17)7-8-15(13)22-23(5,20)21/h7-9,11-12H,6,10H2,1-5H3/t12-/m0/s1. The Balaban J connectivity index is 3.21. The van der Waals surface area contributed by atoms with Crippen molar-refractivity contribution in [2.24, 2.45) is 5.92 Å². The van der Waals surface area contributed by atoms with Crippen molar-refractivity contribution in [3.05, 3.63) is 28.8 Å². The first-order valence-corrected chi connectivity index (χ1v) is 9.73. The summed E-state index contributed by atoms with van der Waals surface area (Å²) in [7, 11) is -3.66. The molecule has 5 nitrogen and oxygen atoms in total. The van der Waals surface area contributed by atoms with Crippen LogP contribution in [0.3, 0.4) is 0 Å². The first kappa shape index (κ1) is 19.8. The number of hydrogen-bond acceptors (Lipinski definition) is 4. The summed E-state index contributed by atoms with van der Waals surface area (Å²) >= 11 is 6.02. The van der Waals surface area contributed by atoms with E-state index in [9.17, 15) is 13.2 Å². The summed E-state index contributed by atoms with van der Waals surface area (Å²) in [5, 5.41) is 0.460. The molecule has 0 fully saturated rings. The summed E-state index contributed by atoms with van der Waals surface area (Å²) in [6.07, 6.45) is 1.78. The number of amides is 1. The molecule has 23 heavy (non-hydrogen) atoms. The second-order valence-electron chi connectivity index (χ2n) is 5.92. The zero-order valence-electron chi connectivity index (χ0n) is 14.2. The average Bonchev–Trinajstić information content (AvgIpc) is 2.44. The molecule has 0 aromatic heterocycles. The van der Waals surface area contributed by atoms with E-state index < -0.39 is 10.1 Å². The van der Waals surface area contributed by atoms with Crippen LogP contribution in [0.25, 0.3) is 0 Å². The van der Waals surface area contributed by atoms with Gasteiger partial charge in [-0.2, -0.15) is 8.42 Å². The smallest absolute Gasteiger partial charge is 0.306 e. The second kappa shape index (κ2) is 8.02. The highest BCUT2D eigenvalue weighted by Crippen LogP contribution is 2.27. The van der Waals surface area contributed by atoms with E-state index in [-0.39, 0.29) is 30.2 Å². The lowest BCUT2D eigenvalue weighted by molar-refractivity contribution is -0.137. The van der Waals surface area contributed by atoms with Gasteiger partial charge in [0, 0.05) is 29.1 Å². The molecule has 130 valence electrons. The molecule has 0 spiro atoms. The number of nitrogens with zero attached hydrogens (tertiary/aromatic N) is 1. The van der Waals surface area contributed by atoms with Crippen molar-refractivity contribution < 1.29 is 17.4 Å². The maximum absolute atomic E-state index is 12.5. The van der Waals surface area contributed by atoms with Crippen molar-refractivity contribution in [1.82, 2.24) is 4.90 Å². The number of benzene rings is 1. The molecule has 1 rings (SSSR count). The van der Waals surface area contributed by atoms with Crippen LogP contribution in [0.15, 0.2) is 18.2 Å². The highest BCUT2D eigenvalue weighted by Gasteiger charge is 2.23. The molecule has 0 saturated carbocycles. The van der Waals surface area contributed by atoms with E-state index in [0.717, 1.165) is 12.7 Å². The Morgan fingerprint density at radius 1 is 1.30 bits per heavy atom. The minimum Gasteiger partial charge on any atom is -0.382 e. The van der Waals surface area contributed by atoms with Crippen LogP contribution in [0.4, 0.5) is 0 Å². The Morgan fingerprint density at radius 2 is 1.91 bits per heavy atom. The Morgan fingerprint density at radius 3 is 2.39 bits per heavy atom. The van der Waals surface area contributed by atoms with E-state index in [1.165, 1.54) is 6.07 Å². The monoisotopic (exact) mass is 361 g/mol. The minimum absolute atomic E-state index is 0.00429. The van der Waals surface area contributed by atoms with Crippen molar-refractivity contribution in [2.45, 2.75) is 46.7 Å². The largest absolute Gasteiger partial charge is 0.382 e. The van der Waals surface area contributed by atoms with Crippen LogP contribution < -0.4 is 4.18 Å². The predicted molar refractivity (Wildman–Crippen MR) is 92.1 cm³/mol. The topological polar surface area (TPSA) is 63.7 Å². The van der Waals surface area contributed by atoms with Gasteiger partial charge in [0.15, 0.2) is 0 Å². The van der Waals surface area contributed by atoms with Gasteiger partial charge in [-0.05, 0) is 31.5 Å². The van der Waals surface area contributed by atoms with Crippen molar-refractivity contribution in [1.29, 1.82) is 0 Å². The van der Waals surface area contributed by atoms with Crippen LogP contribution in [0, 0.1) is 5.92 Å². The predicted octanol–water partition coefficient (Wildman–Crippen LogP) is 3.46. The van der Waals surface area contributed by atoms with Gasteiger partial charge < -0.3 is 9.08 Å². The fourth-order valence-corrected chi connectivity index (χ4v) is 2.79.